The number of carboxylic acids is 1. The van der Waals surface area contributed by atoms with Gasteiger partial charge in [-0.15, -0.1) is 0 Å². The van der Waals surface area contributed by atoms with Gasteiger partial charge in [0.25, 0.3) is 0 Å². The van der Waals surface area contributed by atoms with Gasteiger partial charge in [-0.1, -0.05) is 0 Å². The lowest BCUT2D eigenvalue weighted by Crippen LogP contribution is -2.15. The van der Waals surface area contributed by atoms with Gasteiger partial charge in [0.15, 0.2) is 5.69 Å². The van der Waals surface area contributed by atoms with E-state index in [0.29, 0.717) is 0 Å². The Balaban J connectivity index is 2.66. The number of hydrogen-bond acceptors (Lipinski definition) is 3. The van der Waals surface area contributed by atoms with Crippen molar-refractivity contribution in [2.24, 2.45) is 0 Å². The third-order valence-electron chi connectivity index (χ3n) is 1.49. The van der Waals surface area contributed by atoms with E-state index < -0.39 is 34.4 Å². The van der Waals surface area contributed by atoms with Crippen molar-refractivity contribution in [2.45, 2.75) is 12.1 Å². The summed E-state index contributed by atoms with van der Waals surface area (Å²) in [5.41, 5.74) is -1.10. The van der Waals surface area contributed by atoms with Crippen molar-refractivity contribution in [2.75, 3.05) is 5.75 Å². The molecular formula is C7H7F3N2O3S. The van der Waals surface area contributed by atoms with Gasteiger partial charge in [-0.25, -0.2) is 0 Å². The van der Waals surface area contributed by atoms with Gasteiger partial charge in [0.05, 0.1) is 10.8 Å². The summed E-state index contributed by atoms with van der Waals surface area (Å²) < 4.78 is 48.2. The number of aliphatic carboxylic acids is 1. The fraction of sp³-hybridized carbons (Fsp3) is 0.429. The Kier molecular flexibility index (Phi) is 3.68. The number of nitrogens with zero attached hydrogens (tertiary/aromatic N) is 2. The van der Waals surface area contributed by atoms with E-state index in [1.165, 1.54) is 0 Å². The SMILES string of the molecule is O=C(O)CS(=O)Cn1ccc(C(F)(F)F)n1. The van der Waals surface area contributed by atoms with Crippen molar-refractivity contribution in [3.8, 4) is 0 Å². The molecule has 0 fully saturated rings. The van der Waals surface area contributed by atoms with Crippen molar-refractivity contribution in [3.05, 3.63) is 18.0 Å². The van der Waals surface area contributed by atoms with Crippen molar-refractivity contribution < 1.29 is 27.3 Å². The highest BCUT2D eigenvalue weighted by molar-refractivity contribution is 7.84. The number of halogens is 3. The zero-order valence-corrected chi connectivity index (χ0v) is 8.59. The third kappa shape index (κ3) is 3.65. The first-order valence-electron chi connectivity index (χ1n) is 3.96. The summed E-state index contributed by atoms with van der Waals surface area (Å²) in [6, 6.07) is 0.734. The second-order valence-electron chi connectivity index (χ2n) is 2.85. The molecule has 1 aromatic rings. The van der Waals surface area contributed by atoms with Gasteiger partial charge in [0.1, 0.15) is 11.6 Å². The first-order valence-corrected chi connectivity index (χ1v) is 5.45. The highest BCUT2D eigenvalue weighted by Gasteiger charge is 2.33. The number of carbonyl (C=O) groups is 1. The Hall–Kier alpha value is -1.38. The first-order chi connectivity index (χ1) is 7.29. The predicted octanol–water partition coefficient (Wildman–Crippen LogP) is 0.693. The molecular weight excluding hydrogens is 249 g/mol. The van der Waals surface area contributed by atoms with Crippen LogP contribution in [0.3, 0.4) is 0 Å². The standard InChI is InChI=1S/C7H7F3N2O3S/c8-7(9,10)5-1-2-12(11-5)4-16(15)3-6(13)14/h1-2H,3-4H2,(H,13,14). The predicted molar refractivity (Wildman–Crippen MR) is 47.9 cm³/mol. The Morgan fingerprint density at radius 1 is 1.56 bits per heavy atom. The number of hydrogen-bond donors (Lipinski definition) is 1. The molecule has 0 aliphatic rings. The van der Waals surface area contributed by atoms with Gasteiger partial charge in [-0.3, -0.25) is 13.7 Å². The van der Waals surface area contributed by atoms with Crippen LogP contribution in [0.4, 0.5) is 13.2 Å². The smallest absolute Gasteiger partial charge is 0.435 e. The van der Waals surface area contributed by atoms with E-state index in [0.717, 1.165) is 16.9 Å². The minimum absolute atomic E-state index is 0.373. The van der Waals surface area contributed by atoms with E-state index in [2.05, 4.69) is 5.10 Å². The van der Waals surface area contributed by atoms with Gasteiger partial charge in [0.2, 0.25) is 0 Å². The van der Waals surface area contributed by atoms with Crippen LogP contribution in [0.5, 0.6) is 0 Å². The molecule has 0 bridgehead atoms. The molecule has 90 valence electrons. The van der Waals surface area contributed by atoms with E-state index in [-0.39, 0.29) is 5.88 Å². The second kappa shape index (κ2) is 4.64. The number of aromatic nitrogens is 2. The van der Waals surface area contributed by atoms with E-state index in [9.17, 15) is 22.2 Å². The summed E-state index contributed by atoms with van der Waals surface area (Å²) in [6.07, 6.45) is -3.55. The molecule has 5 nitrogen and oxygen atoms in total. The van der Waals surface area contributed by atoms with Crippen molar-refractivity contribution >= 4 is 16.8 Å². The zero-order chi connectivity index (χ0) is 12.3. The molecule has 0 saturated carbocycles. The van der Waals surface area contributed by atoms with E-state index in [4.69, 9.17) is 5.11 Å². The molecule has 0 aliphatic heterocycles. The quantitative estimate of drug-likeness (QED) is 0.860. The molecule has 1 unspecified atom stereocenters. The number of carboxylic acid groups (broad SMARTS) is 1. The average Bonchev–Trinajstić information content (AvgIpc) is 2.49. The van der Waals surface area contributed by atoms with Gasteiger partial charge in [-0.05, 0) is 6.07 Å². The van der Waals surface area contributed by atoms with Crippen LogP contribution in [0.1, 0.15) is 5.69 Å². The van der Waals surface area contributed by atoms with Crippen LogP contribution >= 0.6 is 0 Å². The van der Waals surface area contributed by atoms with Crippen LogP contribution in [-0.2, 0) is 27.6 Å². The Labute approximate surface area is 90.3 Å². The van der Waals surface area contributed by atoms with Gasteiger partial charge < -0.3 is 5.11 Å². The molecule has 9 heteroatoms. The maximum atomic E-state index is 12.1. The Bertz CT molecular complexity index is 415. The maximum Gasteiger partial charge on any atom is 0.435 e. The number of rotatable bonds is 4. The van der Waals surface area contributed by atoms with Gasteiger partial charge in [-0.2, -0.15) is 18.3 Å². The summed E-state index contributed by atoms with van der Waals surface area (Å²) in [4.78, 5) is 10.2. The van der Waals surface area contributed by atoms with Crippen molar-refractivity contribution in [3.63, 3.8) is 0 Å². The molecule has 1 heterocycles. The van der Waals surface area contributed by atoms with Crippen molar-refractivity contribution in [1.29, 1.82) is 0 Å². The molecule has 1 rings (SSSR count). The Morgan fingerprint density at radius 3 is 2.62 bits per heavy atom. The highest BCUT2D eigenvalue weighted by atomic mass is 32.2. The molecule has 1 aromatic heterocycles. The van der Waals surface area contributed by atoms with Gasteiger partial charge in [0, 0.05) is 6.20 Å². The summed E-state index contributed by atoms with van der Waals surface area (Å²) in [5.74, 6) is -2.27. The summed E-state index contributed by atoms with van der Waals surface area (Å²) in [7, 11) is -1.78. The van der Waals surface area contributed by atoms with Crippen LogP contribution in [-0.4, -0.2) is 30.8 Å². The van der Waals surface area contributed by atoms with Gasteiger partial charge >= 0.3 is 12.1 Å². The Morgan fingerprint density at radius 2 is 2.19 bits per heavy atom. The second-order valence-corrected chi connectivity index (χ2v) is 4.27. The van der Waals surface area contributed by atoms with Crippen LogP contribution in [0.15, 0.2) is 12.3 Å². The lowest BCUT2D eigenvalue weighted by Gasteiger charge is -2.02. The maximum absolute atomic E-state index is 12.1. The normalized spacial score (nSPS) is 13.7. The highest BCUT2D eigenvalue weighted by Crippen LogP contribution is 2.27. The molecule has 0 amide bonds. The fourth-order valence-electron chi connectivity index (χ4n) is 0.916. The molecule has 0 spiro atoms. The topological polar surface area (TPSA) is 72.2 Å². The van der Waals surface area contributed by atoms with Crippen LogP contribution < -0.4 is 0 Å². The lowest BCUT2D eigenvalue weighted by molar-refractivity contribution is -0.141. The lowest BCUT2D eigenvalue weighted by atomic mass is 10.4. The van der Waals surface area contributed by atoms with Crippen LogP contribution in [0.25, 0.3) is 0 Å². The number of alkyl halides is 3. The first kappa shape index (κ1) is 12.7. The minimum atomic E-state index is -4.56. The largest absolute Gasteiger partial charge is 0.481 e. The fourth-order valence-corrected chi connectivity index (χ4v) is 1.72. The van der Waals surface area contributed by atoms with E-state index in [1.54, 1.807) is 0 Å². The summed E-state index contributed by atoms with van der Waals surface area (Å²) in [5, 5.41) is 11.4. The third-order valence-corrected chi connectivity index (χ3v) is 2.61. The zero-order valence-electron chi connectivity index (χ0n) is 7.77. The molecule has 0 aliphatic carbocycles. The van der Waals surface area contributed by atoms with Crippen LogP contribution in [0, 0.1) is 0 Å². The molecule has 1 atom stereocenters. The van der Waals surface area contributed by atoms with Crippen LogP contribution in [0.2, 0.25) is 0 Å². The average molecular weight is 256 g/mol. The molecule has 0 aromatic carbocycles. The van der Waals surface area contributed by atoms with E-state index in [1.807, 2.05) is 0 Å². The minimum Gasteiger partial charge on any atom is -0.481 e. The summed E-state index contributed by atoms with van der Waals surface area (Å²) in [6.45, 7) is 0. The summed E-state index contributed by atoms with van der Waals surface area (Å²) >= 11 is 0. The monoisotopic (exact) mass is 256 g/mol. The molecule has 1 N–H and O–H groups in total. The molecule has 0 radical (unpaired) electrons. The molecule has 0 saturated heterocycles. The molecule has 16 heavy (non-hydrogen) atoms. The van der Waals surface area contributed by atoms with Crippen molar-refractivity contribution in [1.82, 2.24) is 9.78 Å². The van der Waals surface area contributed by atoms with E-state index >= 15 is 0 Å².